The van der Waals surface area contributed by atoms with Crippen LogP contribution in [0.4, 0.5) is 29.0 Å². The lowest BCUT2D eigenvalue weighted by atomic mass is 10.2. The number of rotatable bonds is 5. The SMILES string of the molecule is Cc1cc(N2CCN(C)CC2)ncc1Nc1ncc(C)c(Nc2ccc3oc(=O)[nH]c3c2)n1. The summed E-state index contributed by atoms with van der Waals surface area (Å²) in [6, 6.07) is 7.48. The lowest BCUT2D eigenvalue weighted by molar-refractivity contribution is 0.312. The summed E-state index contributed by atoms with van der Waals surface area (Å²) in [6.07, 6.45) is 3.60. The number of likely N-dealkylation sites (N-methyl/N-ethyl adjacent to an activating group) is 1. The number of benzene rings is 1. The molecule has 0 amide bonds. The van der Waals surface area contributed by atoms with E-state index in [0.717, 1.165) is 54.5 Å². The van der Waals surface area contributed by atoms with Gasteiger partial charge in [-0.15, -0.1) is 0 Å². The summed E-state index contributed by atoms with van der Waals surface area (Å²) >= 11 is 0. The van der Waals surface area contributed by atoms with Crippen LogP contribution in [-0.4, -0.2) is 58.1 Å². The Morgan fingerprint density at radius 2 is 1.82 bits per heavy atom. The third-order valence-electron chi connectivity index (χ3n) is 5.82. The first-order valence-electron chi connectivity index (χ1n) is 10.9. The molecule has 0 unspecified atom stereocenters. The van der Waals surface area contributed by atoms with Crippen LogP contribution in [0.2, 0.25) is 0 Å². The largest absolute Gasteiger partial charge is 0.417 e. The Bertz CT molecular complexity index is 1350. The second-order valence-corrected chi connectivity index (χ2v) is 8.35. The number of oxazole rings is 1. The third kappa shape index (κ3) is 4.51. The molecule has 3 N–H and O–H groups in total. The normalized spacial score (nSPS) is 14.6. The highest BCUT2D eigenvalue weighted by molar-refractivity contribution is 5.78. The molecule has 0 bridgehead atoms. The van der Waals surface area contributed by atoms with Crippen molar-refractivity contribution < 1.29 is 4.42 Å². The number of nitrogens with zero attached hydrogens (tertiary/aromatic N) is 5. The lowest BCUT2D eigenvalue weighted by Gasteiger charge is -2.33. The standard InChI is InChI=1S/C23H26N8O2/c1-14-10-20(31-8-6-30(3)7-9-31)24-13-18(14)27-22-25-12-15(2)21(29-22)26-16-4-5-19-17(11-16)28-23(32)33-19/h4-5,10-13H,6-9H2,1-3H3,(H,28,32)(H2,25,26,27,29). The number of hydrogen-bond donors (Lipinski definition) is 3. The molecule has 4 heterocycles. The quantitative estimate of drug-likeness (QED) is 0.425. The molecule has 1 saturated heterocycles. The molecule has 1 fully saturated rings. The molecule has 33 heavy (non-hydrogen) atoms. The number of hydrogen-bond acceptors (Lipinski definition) is 9. The van der Waals surface area contributed by atoms with Gasteiger partial charge in [-0.05, 0) is 50.7 Å². The van der Waals surface area contributed by atoms with Gasteiger partial charge < -0.3 is 24.9 Å². The van der Waals surface area contributed by atoms with Crippen LogP contribution in [0.15, 0.2) is 45.9 Å². The van der Waals surface area contributed by atoms with Crippen molar-refractivity contribution in [1.29, 1.82) is 0 Å². The fraction of sp³-hybridized carbons (Fsp3) is 0.304. The monoisotopic (exact) mass is 446 g/mol. The van der Waals surface area contributed by atoms with Gasteiger partial charge in [0, 0.05) is 43.6 Å². The molecule has 1 aliphatic heterocycles. The molecule has 170 valence electrons. The van der Waals surface area contributed by atoms with Crippen LogP contribution in [0, 0.1) is 13.8 Å². The maximum atomic E-state index is 11.4. The Kier molecular flexibility index (Phi) is 5.43. The van der Waals surface area contributed by atoms with Crippen LogP contribution < -0.4 is 21.3 Å². The van der Waals surface area contributed by atoms with E-state index in [9.17, 15) is 4.79 Å². The lowest BCUT2D eigenvalue weighted by Crippen LogP contribution is -2.44. The van der Waals surface area contributed by atoms with Gasteiger partial charge in [0.25, 0.3) is 0 Å². The predicted molar refractivity (Wildman–Crippen MR) is 129 cm³/mol. The van der Waals surface area contributed by atoms with Crippen LogP contribution in [0.3, 0.4) is 0 Å². The summed E-state index contributed by atoms with van der Waals surface area (Å²) in [5.74, 6) is 1.65. The van der Waals surface area contributed by atoms with Gasteiger partial charge in [0.15, 0.2) is 5.58 Å². The number of aromatic amines is 1. The molecule has 10 heteroatoms. The number of fused-ring (bicyclic) bond motifs is 1. The molecule has 1 aliphatic rings. The van der Waals surface area contributed by atoms with Crippen molar-refractivity contribution >= 4 is 40.1 Å². The maximum Gasteiger partial charge on any atom is 0.417 e. The average Bonchev–Trinajstić information content (AvgIpc) is 3.17. The van der Waals surface area contributed by atoms with Gasteiger partial charge in [-0.2, -0.15) is 4.98 Å². The highest BCUT2D eigenvalue weighted by Crippen LogP contribution is 2.25. The molecule has 10 nitrogen and oxygen atoms in total. The van der Waals surface area contributed by atoms with E-state index in [1.54, 1.807) is 18.3 Å². The second kappa shape index (κ2) is 8.55. The average molecular weight is 447 g/mol. The number of nitrogens with one attached hydrogen (secondary N) is 3. The molecule has 5 rings (SSSR count). The molecule has 1 aromatic carbocycles. The van der Waals surface area contributed by atoms with Crippen LogP contribution in [0.5, 0.6) is 0 Å². The number of aryl methyl sites for hydroxylation is 2. The zero-order valence-electron chi connectivity index (χ0n) is 18.8. The number of piperazine rings is 1. The van der Waals surface area contributed by atoms with E-state index in [4.69, 9.17) is 4.42 Å². The van der Waals surface area contributed by atoms with Crippen LogP contribution in [-0.2, 0) is 0 Å². The first-order valence-corrected chi connectivity index (χ1v) is 10.9. The molecule has 0 radical (unpaired) electrons. The molecule has 0 spiro atoms. The molecule has 0 saturated carbocycles. The van der Waals surface area contributed by atoms with Crippen molar-refractivity contribution in [3.05, 3.63) is 58.3 Å². The summed E-state index contributed by atoms with van der Waals surface area (Å²) < 4.78 is 5.06. The van der Waals surface area contributed by atoms with E-state index < -0.39 is 5.76 Å². The van der Waals surface area contributed by atoms with E-state index in [1.807, 2.05) is 19.2 Å². The van der Waals surface area contributed by atoms with Gasteiger partial charge in [0.05, 0.1) is 17.4 Å². The molecule has 3 aromatic heterocycles. The number of H-pyrrole nitrogens is 1. The Morgan fingerprint density at radius 3 is 2.61 bits per heavy atom. The van der Waals surface area contributed by atoms with Gasteiger partial charge in [-0.3, -0.25) is 4.98 Å². The highest BCUT2D eigenvalue weighted by atomic mass is 16.4. The Balaban J connectivity index is 1.33. The van der Waals surface area contributed by atoms with E-state index in [2.05, 4.69) is 60.4 Å². The highest BCUT2D eigenvalue weighted by Gasteiger charge is 2.16. The van der Waals surface area contributed by atoms with E-state index in [1.165, 1.54) is 0 Å². The Morgan fingerprint density at radius 1 is 1.00 bits per heavy atom. The van der Waals surface area contributed by atoms with Crippen molar-refractivity contribution in [3.63, 3.8) is 0 Å². The van der Waals surface area contributed by atoms with Crippen molar-refractivity contribution in [2.75, 3.05) is 48.8 Å². The van der Waals surface area contributed by atoms with Crippen molar-refractivity contribution in [2.24, 2.45) is 0 Å². The third-order valence-corrected chi connectivity index (χ3v) is 5.82. The topological polar surface area (TPSA) is 115 Å². The fourth-order valence-electron chi connectivity index (χ4n) is 3.80. The molecule has 4 aromatic rings. The summed E-state index contributed by atoms with van der Waals surface area (Å²) in [7, 11) is 2.14. The van der Waals surface area contributed by atoms with Gasteiger partial charge >= 0.3 is 5.76 Å². The minimum Gasteiger partial charge on any atom is -0.408 e. The number of anilines is 5. The summed E-state index contributed by atoms with van der Waals surface area (Å²) in [5.41, 5.74) is 4.74. The van der Waals surface area contributed by atoms with Gasteiger partial charge in [0.1, 0.15) is 11.6 Å². The minimum atomic E-state index is -0.477. The van der Waals surface area contributed by atoms with E-state index in [0.29, 0.717) is 22.9 Å². The first kappa shape index (κ1) is 21.0. The molecular formula is C23H26N8O2. The van der Waals surface area contributed by atoms with Gasteiger partial charge in [-0.25, -0.2) is 14.8 Å². The van der Waals surface area contributed by atoms with E-state index >= 15 is 0 Å². The molecule has 0 atom stereocenters. The fourth-order valence-corrected chi connectivity index (χ4v) is 3.80. The maximum absolute atomic E-state index is 11.4. The van der Waals surface area contributed by atoms with E-state index in [-0.39, 0.29) is 0 Å². The Labute approximate surface area is 190 Å². The van der Waals surface area contributed by atoms with Gasteiger partial charge in [0.2, 0.25) is 5.95 Å². The van der Waals surface area contributed by atoms with Crippen LogP contribution >= 0.6 is 0 Å². The molecular weight excluding hydrogens is 420 g/mol. The van der Waals surface area contributed by atoms with Gasteiger partial charge in [-0.1, -0.05) is 0 Å². The predicted octanol–water partition coefficient (Wildman–Crippen LogP) is 3.16. The Hall–Kier alpha value is -3.92. The van der Waals surface area contributed by atoms with Crippen molar-refractivity contribution in [2.45, 2.75) is 13.8 Å². The first-order chi connectivity index (χ1) is 15.9. The zero-order chi connectivity index (χ0) is 22.9. The summed E-state index contributed by atoms with van der Waals surface area (Å²) in [6.45, 7) is 8.02. The molecule has 0 aliphatic carbocycles. The smallest absolute Gasteiger partial charge is 0.408 e. The number of aromatic nitrogens is 4. The zero-order valence-corrected chi connectivity index (χ0v) is 18.8. The summed E-state index contributed by atoms with van der Waals surface area (Å²) in [4.78, 5) is 32.4. The minimum absolute atomic E-state index is 0.471. The van der Waals surface area contributed by atoms with Crippen molar-refractivity contribution in [1.82, 2.24) is 24.8 Å². The second-order valence-electron chi connectivity index (χ2n) is 8.35. The van der Waals surface area contributed by atoms with Crippen molar-refractivity contribution in [3.8, 4) is 0 Å². The number of pyridine rings is 1. The van der Waals surface area contributed by atoms with Crippen LogP contribution in [0.25, 0.3) is 11.1 Å². The van der Waals surface area contributed by atoms with Crippen LogP contribution in [0.1, 0.15) is 11.1 Å². The summed E-state index contributed by atoms with van der Waals surface area (Å²) in [5, 5.41) is 6.57.